The summed E-state index contributed by atoms with van der Waals surface area (Å²) in [4.78, 5) is 0.335. The summed E-state index contributed by atoms with van der Waals surface area (Å²) in [7, 11) is -0.245. The van der Waals surface area contributed by atoms with E-state index in [0.29, 0.717) is 16.4 Å². The summed E-state index contributed by atoms with van der Waals surface area (Å²) in [5, 5.41) is 3.54. The molecule has 0 aliphatic heterocycles. The Hall–Kier alpha value is -1.07. The van der Waals surface area contributed by atoms with Gasteiger partial charge < -0.3 is 5.32 Å². The second-order valence-corrected chi connectivity index (χ2v) is 9.07. The summed E-state index contributed by atoms with van der Waals surface area (Å²) in [6.07, 6.45) is 4.87. The third kappa shape index (κ3) is 3.98. The van der Waals surface area contributed by atoms with E-state index in [1.165, 1.54) is 23.6 Å². The Labute approximate surface area is 128 Å². The van der Waals surface area contributed by atoms with Gasteiger partial charge in [-0.3, -0.25) is 0 Å². The Morgan fingerprint density at radius 3 is 2.33 bits per heavy atom. The van der Waals surface area contributed by atoms with Crippen LogP contribution in [0.2, 0.25) is 0 Å². The molecule has 1 saturated carbocycles. The van der Waals surface area contributed by atoms with E-state index >= 15 is 0 Å². The van der Waals surface area contributed by atoms with Crippen molar-refractivity contribution >= 4 is 15.7 Å². The summed E-state index contributed by atoms with van der Waals surface area (Å²) < 4.78 is 25.3. The van der Waals surface area contributed by atoms with Gasteiger partial charge in [0.05, 0.1) is 4.90 Å². The highest BCUT2D eigenvalue weighted by Gasteiger charge is 2.27. The van der Waals surface area contributed by atoms with Gasteiger partial charge in [-0.25, -0.2) is 12.7 Å². The van der Waals surface area contributed by atoms with Crippen molar-refractivity contribution in [2.75, 3.05) is 19.4 Å². The van der Waals surface area contributed by atoms with Gasteiger partial charge in [-0.1, -0.05) is 20.3 Å². The average molecular weight is 310 g/mol. The Kier molecular flexibility index (Phi) is 4.63. The molecule has 0 heterocycles. The van der Waals surface area contributed by atoms with Crippen molar-refractivity contribution in [1.82, 2.24) is 4.31 Å². The van der Waals surface area contributed by atoms with Gasteiger partial charge in [0, 0.05) is 25.8 Å². The molecule has 1 aliphatic carbocycles. The number of rotatable bonds is 4. The lowest BCUT2D eigenvalue weighted by atomic mass is 9.75. The minimum atomic E-state index is -3.34. The molecule has 2 rings (SSSR count). The SMILES string of the molecule is CN(C)S(=O)(=O)c1ccc(NC2CCCC(C)(C)C2)cc1. The highest BCUT2D eigenvalue weighted by molar-refractivity contribution is 7.89. The molecule has 0 radical (unpaired) electrons. The summed E-state index contributed by atoms with van der Waals surface area (Å²) in [6.45, 7) is 4.63. The molecule has 0 aromatic heterocycles. The van der Waals surface area contributed by atoms with Gasteiger partial charge in [-0.2, -0.15) is 0 Å². The van der Waals surface area contributed by atoms with Crippen LogP contribution in [-0.2, 0) is 10.0 Å². The van der Waals surface area contributed by atoms with E-state index in [1.807, 2.05) is 12.1 Å². The van der Waals surface area contributed by atoms with Gasteiger partial charge in [0.2, 0.25) is 10.0 Å². The first-order chi connectivity index (χ1) is 9.71. The Morgan fingerprint density at radius 1 is 1.19 bits per heavy atom. The minimum Gasteiger partial charge on any atom is -0.382 e. The second kappa shape index (κ2) is 5.97. The molecule has 0 spiro atoms. The van der Waals surface area contributed by atoms with Crippen molar-refractivity contribution in [3.8, 4) is 0 Å². The van der Waals surface area contributed by atoms with Crippen LogP contribution in [0.5, 0.6) is 0 Å². The van der Waals surface area contributed by atoms with Crippen LogP contribution in [0.3, 0.4) is 0 Å². The van der Waals surface area contributed by atoms with Crippen LogP contribution in [0.1, 0.15) is 39.5 Å². The summed E-state index contributed by atoms with van der Waals surface area (Å²) in [5.41, 5.74) is 1.39. The molecule has 1 N–H and O–H groups in total. The topological polar surface area (TPSA) is 49.4 Å². The van der Waals surface area contributed by atoms with Crippen LogP contribution >= 0.6 is 0 Å². The van der Waals surface area contributed by atoms with Crippen LogP contribution in [0.15, 0.2) is 29.2 Å². The molecule has 0 saturated heterocycles. The molecule has 118 valence electrons. The molecule has 5 heteroatoms. The lowest BCUT2D eigenvalue weighted by molar-refractivity contribution is 0.229. The van der Waals surface area contributed by atoms with Gasteiger partial charge >= 0.3 is 0 Å². The predicted octanol–water partition coefficient (Wildman–Crippen LogP) is 3.32. The quantitative estimate of drug-likeness (QED) is 0.928. The lowest BCUT2D eigenvalue weighted by Gasteiger charge is -2.36. The molecule has 0 amide bonds. The van der Waals surface area contributed by atoms with E-state index < -0.39 is 10.0 Å². The standard InChI is InChI=1S/C16H26N2O2S/c1-16(2)11-5-6-14(12-16)17-13-7-9-15(10-8-13)21(19,20)18(3)4/h7-10,14,17H,5-6,11-12H2,1-4H3. The number of hydrogen-bond acceptors (Lipinski definition) is 3. The molecule has 0 bridgehead atoms. The maximum Gasteiger partial charge on any atom is 0.242 e. The van der Waals surface area contributed by atoms with Crippen LogP contribution in [-0.4, -0.2) is 32.9 Å². The molecule has 1 atom stereocenters. The molecular formula is C16H26N2O2S. The first-order valence-electron chi connectivity index (χ1n) is 7.50. The molecule has 21 heavy (non-hydrogen) atoms. The van der Waals surface area contributed by atoms with Gasteiger partial charge in [0.1, 0.15) is 0 Å². The Balaban J connectivity index is 2.06. The summed E-state index contributed by atoms with van der Waals surface area (Å²) in [5.74, 6) is 0. The van der Waals surface area contributed by atoms with Gasteiger partial charge in [0.25, 0.3) is 0 Å². The van der Waals surface area contributed by atoms with Gasteiger partial charge in [-0.05, 0) is 48.9 Å². The highest BCUT2D eigenvalue weighted by Crippen LogP contribution is 2.36. The fourth-order valence-corrected chi connectivity index (χ4v) is 3.89. The lowest BCUT2D eigenvalue weighted by Crippen LogP contribution is -2.31. The molecule has 1 unspecified atom stereocenters. The zero-order valence-corrected chi connectivity index (χ0v) is 14.2. The van der Waals surface area contributed by atoms with Crippen molar-refractivity contribution in [3.05, 3.63) is 24.3 Å². The Morgan fingerprint density at radius 2 is 1.81 bits per heavy atom. The highest BCUT2D eigenvalue weighted by atomic mass is 32.2. The maximum atomic E-state index is 12.0. The number of nitrogens with one attached hydrogen (secondary N) is 1. The van der Waals surface area contributed by atoms with E-state index in [0.717, 1.165) is 12.1 Å². The zero-order valence-electron chi connectivity index (χ0n) is 13.4. The number of anilines is 1. The first kappa shape index (κ1) is 16.3. The monoisotopic (exact) mass is 310 g/mol. The van der Waals surface area contributed by atoms with Crippen molar-refractivity contribution in [3.63, 3.8) is 0 Å². The fourth-order valence-electron chi connectivity index (χ4n) is 2.99. The van der Waals surface area contributed by atoms with Crippen molar-refractivity contribution in [1.29, 1.82) is 0 Å². The van der Waals surface area contributed by atoms with E-state index in [-0.39, 0.29) is 0 Å². The maximum absolute atomic E-state index is 12.0. The second-order valence-electron chi connectivity index (χ2n) is 6.91. The van der Waals surface area contributed by atoms with E-state index in [1.54, 1.807) is 26.2 Å². The summed E-state index contributed by atoms with van der Waals surface area (Å²) >= 11 is 0. The van der Waals surface area contributed by atoms with Gasteiger partial charge in [0.15, 0.2) is 0 Å². The van der Waals surface area contributed by atoms with E-state index in [4.69, 9.17) is 0 Å². The van der Waals surface area contributed by atoms with E-state index in [2.05, 4.69) is 19.2 Å². The largest absolute Gasteiger partial charge is 0.382 e. The average Bonchev–Trinajstić information content (AvgIpc) is 2.38. The van der Waals surface area contributed by atoms with Crippen molar-refractivity contribution < 1.29 is 8.42 Å². The predicted molar refractivity (Wildman–Crippen MR) is 87.0 cm³/mol. The van der Waals surface area contributed by atoms with E-state index in [9.17, 15) is 8.42 Å². The normalized spacial score (nSPS) is 22.2. The number of benzene rings is 1. The number of sulfonamides is 1. The fraction of sp³-hybridized carbons (Fsp3) is 0.625. The molecule has 1 aliphatic rings. The van der Waals surface area contributed by atoms with Crippen LogP contribution in [0.4, 0.5) is 5.69 Å². The summed E-state index contributed by atoms with van der Waals surface area (Å²) in [6, 6.07) is 7.54. The third-order valence-corrected chi connectivity index (χ3v) is 6.04. The minimum absolute atomic E-state index is 0.335. The molecule has 4 nitrogen and oxygen atoms in total. The van der Waals surface area contributed by atoms with Crippen LogP contribution in [0.25, 0.3) is 0 Å². The smallest absolute Gasteiger partial charge is 0.242 e. The van der Waals surface area contributed by atoms with Crippen molar-refractivity contribution in [2.24, 2.45) is 5.41 Å². The third-order valence-electron chi connectivity index (χ3n) is 4.21. The van der Waals surface area contributed by atoms with Crippen molar-refractivity contribution in [2.45, 2.75) is 50.5 Å². The zero-order chi connectivity index (χ0) is 15.7. The molecule has 1 fully saturated rings. The number of hydrogen-bond donors (Lipinski definition) is 1. The van der Waals surface area contributed by atoms with Crippen LogP contribution < -0.4 is 5.32 Å². The van der Waals surface area contributed by atoms with Crippen LogP contribution in [0, 0.1) is 5.41 Å². The van der Waals surface area contributed by atoms with Gasteiger partial charge in [-0.15, -0.1) is 0 Å². The first-order valence-corrected chi connectivity index (χ1v) is 8.94. The number of nitrogens with zero attached hydrogens (tertiary/aromatic N) is 1. The molecule has 1 aromatic carbocycles. The molecule has 1 aromatic rings. The Bertz CT molecular complexity index is 577. The molecular weight excluding hydrogens is 284 g/mol.